The Balaban J connectivity index is 2.97. The normalized spacial score (nSPS) is 11.4. The second-order valence-corrected chi connectivity index (χ2v) is 7.35. The van der Waals surface area contributed by atoms with E-state index >= 15 is 0 Å². The molecule has 0 spiro atoms. The molecule has 0 aliphatic carbocycles. The molecule has 0 atom stereocenters. The summed E-state index contributed by atoms with van der Waals surface area (Å²) in [5.41, 5.74) is 0.720. The topological polar surface area (TPSA) is 69.7 Å². The maximum absolute atomic E-state index is 11.8. The van der Waals surface area contributed by atoms with E-state index in [9.17, 15) is 13.2 Å². The zero-order valence-corrected chi connectivity index (χ0v) is 14.1. The third-order valence-electron chi connectivity index (χ3n) is 2.45. The molecule has 0 N–H and O–H groups in total. The fourth-order valence-corrected chi connectivity index (χ4v) is 3.64. The smallest absolute Gasteiger partial charge is 0.338 e. The minimum absolute atomic E-state index is 0.141. The van der Waals surface area contributed by atoms with Crippen LogP contribution in [0.1, 0.15) is 22.3 Å². The highest BCUT2D eigenvalue weighted by Gasteiger charge is 2.20. The third kappa shape index (κ3) is 4.73. The molecule has 1 aromatic carbocycles. The van der Waals surface area contributed by atoms with Crippen molar-refractivity contribution in [2.75, 3.05) is 20.3 Å². The van der Waals surface area contributed by atoms with Crippen LogP contribution >= 0.6 is 26.6 Å². The van der Waals surface area contributed by atoms with Crippen molar-refractivity contribution in [2.24, 2.45) is 0 Å². The maximum atomic E-state index is 11.8. The molecular weight excluding hydrogens is 372 g/mol. The van der Waals surface area contributed by atoms with Crippen LogP contribution in [0.2, 0.25) is 0 Å². The van der Waals surface area contributed by atoms with Crippen LogP contribution in [0.25, 0.3) is 0 Å². The van der Waals surface area contributed by atoms with Gasteiger partial charge in [0, 0.05) is 35.3 Å². The largest absolute Gasteiger partial charge is 0.462 e. The Morgan fingerprint density at radius 1 is 1.35 bits per heavy atom. The SMILES string of the molecule is COCCCOC(=O)c1cc(C)c(Br)c(S(=O)(=O)Cl)c1. The van der Waals surface area contributed by atoms with E-state index in [1.54, 1.807) is 14.0 Å². The van der Waals surface area contributed by atoms with E-state index in [0.29, 0.717) is 23.1 Å². The first-order valence-electron chi connectivity index (χ1n) is 5.68. The van der Waals surface area contributed by atoms with Crippen LogP contribution in [0, 0.1) is 6.92 Å². The van der Waals surface area contributed by atoms with Gasteiger partial charge in [-0.2, -0.15) is 0 Å². The highest BCUT2D eigenvalue weighted by molar-refractivity contribution is 9.10. The number of halogens is 2. The molecule has 0 heterocycles. The van der Waals surface area contributed by atoms with E-state index in [-0.39, 0.29) is 17.1 Å². The summed E-state index contributed by atoms with van der Waals surface area (Å²) < 4.78 is 33.1. The van der Waals surface area contributed by atoms with Gasteiger partial charge in [-0.1, -0.05) is 0 Å². The number of hydrogen-bond donors (Lipinski definition) is 0. The number of methoxy groups -OCH3 is 1. The summed E-state index contributed by atoms with van der Waals surface area (Å²) in [7, 11) is 2.94. The molecular formula is C12H14BrClO5S. The average Bonchev–Trinajstić information content (AvgIpc) is 2.36. The van der Waals surface area contributed by atoms with Crippen LogP contribution < -0.4 is 0 Å². The van der Waals surface area contributed by atoms with Gasteiger partial charge in [0.2, 0.25) is 0 Å². The molecule has 0 aliphatic heterocycles. The molecule has 0 aromatic heterocycles. The van der Waals surface area contributed by atoms with Gasteiger partial charge in [-0.25, -0.2) is 13.2 Å². The quantitative estimate of drug-likeness (QED) is 0.428. The van der Waals surface area contributed by atoms with E-state index in [2.05, 4.69) is 15.9 Å². The van der Waals surface area contributed by atoms with Crippen LogP contribution in [0.5, 0.6) is 0 Å². The summed E-state index contributed by atoms with van der Waals surface area (Å²) in [6.45, 7) is 2.34. The molecule has 0 bridgehead atoms. The first-order chi connectivity index (χ1) is 9.27. The van der Waals surface area contributed by atoms with E-state index in [1.165, 1.54) is 12.1 Å². The fraction of sp³-hybridized carbons (Fsp3) is 0.417. The van der Waals surface area contributed by atoms with Gasteiger partial charge >= 0.3 is 5.97 Å². The Labute approximate surface area is 130 Å². The molecule has 0 unspecified atom stereocenters. The summed E-state index contributed by atoms with van der Waals surface area (Å²) in [6.07, 6.45) is 0.568. The molecule has 1 rings (SSSR count). The van der Waals surface area contributed by atoms with Crippen molar-refractivity contribution in [3.05, 3.63) is 27.7 Å². The summed E-state index contributed by atoms with van der Waals surface area (Å²) in [4.78, 5) is 11.7. The van der Waals surface area contributed by atoms with Gasteiger partial charge in [-0.05, 0) is 40.5 Å². The minimum atomic E-state index is -3.94. The summed E-state index contributed by atoms with van der Waals surface area (Å²) in [5.74, 6) is -0.599. The monoisotopic (exact) mass is 384 g/mol. The Morgan fingerprint density at radius 3 is 2.55 bits per heavy atom. The molecule has 0 amide bonds. The second kappa shape index (κ2) is 7.40. The van der Waals surface area contributed by atoms with Gasteiger partial charge in [0.05, 0.1) is 17.1 Å². The van der Waals surface area contributed by atoms with Crippen LogP contribution in [-0.2, 0) is 18.5 Å². The van der Waals surface area contributed by atoms with Crippen molar-refractivity contribution >= 4 is 41.6 Å². The number of esters is 1. The first-order valence-corrected chi connectivity index (χ1v) is 8.78. The van der Waals surface area contributed by atoms with Crippen LogP contribution in [0.15, 0.2) is 21.5 Å². The van der Waals surface area contributed by atoms with Gasteiger partial charge < -0.3 is 9.47 Å². The van der Waals surface area contributed by atoms with E-state index in [1.807, 2.05) is 0 Å². The number of rotatable bonds is 6. The fourth-order valence-electron chi connectivity index (χ4n) is 1.48. The Morgan fingerprint density at radius 2 is 2.00 bits per heavy atom. The van der Waals surface area contributed by atoms with Crippen LogP contribution in [0.3, 0.4) is 0 Å². The third-order valence-corrected chi connectivity index (χ3v) is 5.11. The zero-order valence-electron chi connectivity index (χ0n) is 11.0. The predicted molar refractivity (Wildman–Crippen MR) is 78.7 cm³/mol. The van der Waals surface area contributed by atoms with Gasteiger partial charge in [0.1, 0.15) is 0 Å². The number of aryl methyl sites for hydroxylation is 1. The lowest BCUT2D eigenvalue weighted by Crippen LogP contribution is -2.09. The van der Waals surface area contributed by atoms with E-state index < -0.39 is 15.0 Å². The van der Waals surface area contributed by atoms with Crippen molar-refractivity contribution in [2.45, 2.75) is 18.2 Å². The number of carbonyl (C=O) groups excluding carboxylic acids is 1. The molecule has 112 valence electrons. The minimum Gasteiger partial charge on any atom is -0.462 e. The van der Waals surface area contributed by atoms with Gasteiger partial charge in [0.15, 0.2) is 0 Å². The van der Waals surface area contributed by atoms with Crippen molar-refractivity contribution in [3.8, 4) is 0 Å². The number of carbonyl (C=O) groups is 1. The average molecular weight is 386 g/mol. The van der Waals surface area contributed by atoms with Crippen molar-refractivity contribution in [1.29, 1.82) is 0 Å². The molecule has 0 aliphatic rings. The number of benzene rings is 1. The summed E-state index contributed by atoms with van der Waals surface area (Å²) in [6, 6.07) is 2.73. The standard InChI is InChI=1S/C12H14BrClO5S/c1-8-6-9(12(15)19-5-3-4-18-2)7-10(11(8)13)20(14,16)17/h6-7H,3-5H2,1-2H3. The van der Waals surface area contributed by atoms with Crippen molar-refractivity contribution in [3.63, 3.8) is 0 Å². The van der Waals surface area contributed by atoms with Crippen LogP contribution in [0.4, 0.5) is 0 Å². The molecule has 5 nitrogen and oxygen atoms in total. The second-order valence-electron chi connectivity index (χ2n) is 4.03. The van der Waals surface area contributed by atoms with Crippen molar-refractivity contribution < 1.29 is 22.7 Å². The van der Waals surface area contributed by atoms with E-state index in [4.69, 9.17) is 20.2 Å². The highest BCUT2D eigenvalue weighted by atomic mass is 79.9. The lowest BCUT2D eigenvalue weighted by molar-refractivity contribution is 0.0468. The molecule has 0 saturated carbocycles. The lowest BCUT2D eigenvalue weighted by Gasteiger charge is -2.09. The Hall–Kier alpha value is -0.630. The first kappa shape index (κ1) is 17.4. The lowest BCUT2D eigenvalue weighted by atomic mass is 10.1. The molecule has 0 saturated heterocycles. The zero-order chi connectivity index (χ0) is 15.3. The van der Waals surface area contributed by atoms with Gasteiger partial charge in [-0.15, -0.1) is 0 Å². The number of hydrogen-bond acceptors (Lipinski definition) is 5. The van der Waals surface area contributed by atoms with Crippen LogP contribution in [-0.4, -0.2) is 34.7 Å². The Kier molecular flexibility index (Phi) is 6.44. The molecule has 20 heavy (non-hydrogen) atoms. The van der Waals surface area contributed by atoms with E-state index in [0.717, 1.165) is 0 Å². The highest BCUT2D eigenvalue weighted by Crippen LogP contribution is 2.29. The molecule has 1 aromatic rings. The van der Waals surface area contributed by atoms with Crippen molar-refractivity contribution in [1.82, 2.24) is 0 Å². The summed E-state index contributed by atoms with van der Waals surface area (Å²) >= 11 is 3.14. The van der Waals surface area contributed by atoms with Gasteiger partial charge in [0.25, 0.3) is 9.05 Å². The molecule has 0 fully saturated rings. The molecule has 8 heteroatoms. The number of ether oxygens (including phenoxy) is 2. The molecule has 0 radical (unpaired) electrons. The van der Waals surface area contributed by atoms with Gasteiger partial charge in [-0.3, -0.25) is 0 Å². The Bertz CT molecular complexity index is 600. The predicted octanol–water partition coefficient (Wildman–Crippen LogP) is 2.88. The maximum Gasteiger partial charge on any atom is 0.338 e. The summed E-state index contributed by atoms with van der Waals surface area (Å²) in [5, 5.41) is 0.